The molecule has 6 nitrogen and oxygen atoms in total. The molecule has 0 saturated carbocycles. The molecule has 1 aliphatic rings. The lowest BCUT2D eigenvalue weighted by Gasteiger charge is -2.18. The second kappa shape index (κ2) is 6.71. The van der Waals surface area contributed by atoms with Crippen LogP contribution in [0.15, 0.2) is 75.5 Å². The van der Waals surface area contributed by atoms with Crippen molar-refractivity contribution in [3.8, 4) is 6.07 Å². The number of Topliss-reactive ketones (excluding diaryl/α,β-unsaturated/α-hetero) is 1. The molecule has 28 heavy (non-hydrogen) atoms. The van der Waals surface area contributed by atoms with Crippen LogP contribution in [0.3, 0.4) is 0 Å². The van der Waals surface area contributed by atoms with Crippen molar-refractivity contribution in [2.75, 3.05) is 0 Å². The number of carbonyl (C=O) groups excluding carboxylic acids is 1. The Morgan fingerprint density at radius 3 is 2.64 bits per heavy atom. The number of ether oxygens (including phenoxy) is 1. The number of fused-ring (bicyclic) bond motifs is 1. The van der Waals surface area contributed by atoms with Crippen molar-refractivity contribution in [3.63, 3.8) is 0 Å². The molecule has 2 aromatic carbocycles. The van der Waals surface area contributed by atoms with Crippen LogP contribution in [-0.2, 0) is 4.74 Å². The number of nitrogens with zero attached hydrogens (tertiary/aromatic N) is 1. The number of aryl methyl sites for hydroxylation is 1. The molecule has 0 saturated heterocycles. The Kier molecular flexibility index (Phi) is 4.21. The van der Waals surface area contributed by atoms with E-state index in [1.165, 1.54) is 6.26 Å². The quantitative estimate of drug-likeness (QED) is 0.707. The third-order valence-corrected chi connectivity index (χ3v) is 4.86. The minimum Gasteiger partial charge on any atom is -0.469 e. The van der Waals surface area contributed by atoms with Gasteiger partial charge in [-0.1, -0.05) is 42.0 Å². The van der Waals surface area contributed by atoms with E-state index in [1.807, 2.05) is 19.1 Å². The Balaban J connectivity index is 1.86. The van der Waals surface area contributed by atoms with Crippen molar-refractivity contribution in [1.82, 2.24) is 0 Å². The molecule has 0 radical (unpaired) electrons. The number of nitrogens with two attached hydrogens (primary N) is 1. The Morgan fingerprint density at radius 1 is 1.18 bits per heavy atom. The third-order valence-electron chi connectivity index (χ3n) is 4.86. The van der Waals surface area contributed by atoms with Gasteiger partial charge in [-0.2, -0.15) is 5.26 Å². The lowest BCUT2D eigenvalue weighted by Crippen LogP contribution is -2.25. The van der Waals surface area contributed by atoms with Crippen LogP contribution in [0, 0.1) is 24.2 Å². The van der Waals surface area contributed by atoms with Gasteiger partial charge < -0.3 is 14.9 Å². The SMILES string of the molecule is Cc1ccc2occ([C@H]3OC(N)=C(C#N)[C@H]3C(=O)c3ccccc3)c(=O)c2c1. The summed E-state index contributed by atoms with van der Waals surface area (Å²) in [6.45, 7) is 1.87. The van der Waals surface area contributed by atoms with E-state index in [2.05, 4.69) is 0 Å². The highest BCUT2D eigenvalue weighted by molar-refractivity contribution is 6.01. The van der Waals surface area contributed by atoms with Gasteiger partial charge in [0.05, 0.1) is 10.9 Å². The Bertz CT molecular complexity index is 1220. The summed E-state index contributed by atoms with van der Waals surface area (Å²) in [6, 6.07) is 15.8. The van der Waals surface area contributed by atoms with E-state index in [-0.39, 0.29) is 28.2 Å². The highest BCUT2D eigenvalue weighted by atomic mass is 16.5. The summed E-state index contributed by atoms with van der Waals surface area (Å²) in [5.41, 5.74) is 7.46. The van der Waals surface area contributed by atoms with Crippen molar-refractivity contribution >= 4 is 16.8 Å². The first-order valence-corrected chi connectivity index (χ1v) is 8.69. The van der Waals surface area contributed by atoms with Crippen molar-refractivity contribution in [2.45, 2.75) is 13.0 Å². The fraction of sp³-hybridized carbons (Fsp3) is 0.136. The molecule has 1 aliphatic heterocycles. The van der Waals surface area contributed by atoms with Gasteiger partial charge in [-0.25, -0.2) is 0 Å². The Labute approximate surface area is 160 Å². The number of nitriles is 1. The number of carbonyl (C=O) groups is 1. The van der Waals surface area contributed by atoms with E-state index in [1.54, 1.807) is 42.5 Å². The zero-order valence-electron chi connectivity index (χ0n) is 15.0. The molecule has 4 rings (SSSR count). The molecule has 0 bridgehead atoms. The maximum Gasteiger partial charge on any atom is 0.199 e. The summed E-state index contributed by atoms with van der Waals surface area (Å²) in [5, 5.41) is 9.91. The summed E-state index contributed by atoms with van der Waals surface area (Å²) < 4.78 is 11.2. The van der Waals surface area contributed by atoms with Crippen LogP contribution in [0.25, 0.3) is 11.0 Å². The van der Waals surface area contributed by atoms with Crippen LogP contribution in [0.1, 0.15) is 27.6 Å². The average Bonchev–Trinajstić information content (AvgIpc) is 3.04. The van der Waals surface area contributed by atoms with E-state index in [0.717, 1.165) is 5.56 Å². The molecule has 3 aromatic rings. The van der Waals surface area contributed by atoms with Crippen molar-refractivity contribution in [1.29, 1.82) is 5.26 Å². The van der Waals surface area contributed by atoms with Gasteiger partial charge in [-0.3, -0.25) is 9.59 Å². The molecule has 1 aromatic heterocycles. The van der Waals surface area contributed by atoms with Crippen molar-refractivity contribution in [3.05, 3.63) is 93.2 Å². The molecule has 0 aliphatic carbocycles. The van der Waals surface area contributed by atoms with Gasteiger partial charge in [0.25, 0.3) is 0 Å². The molecule has 0 amide bonds. The monoisotopic (exact) mass is 372 g/mol. The number of hydrogen-bond acceptors (Lipinski definition) is 6. The molecule has 2 atom stereocenters. The highest BCUT2D eigenvalue weighted by Gasteiger charge is 2.44. The van der Waals surface area contributed by atoms with Crippen LogP contribution in [0.5, 0.6) is 0 Å². The van der Waals surface area contributed by atoms with Crippen molar-refractivity contribution < 1.29 is 13.9 Å². The number of rotatable bonds is 3. The van der Waals surface area contributed by atoms with E-state index in [0.29, 0.717) is 16.5 Å². The topological polar surface area (TPSA) is 106 Å². The van der Waals surface area contributed by atoms with Gasteiger partial charge in [-0.05, 0) is 19.1 Å². The summed E-state index contributed by atoms with van der Waals surface area (Å²) in [7, 11) is 0. The van der Waals surface area contributed by atoms with Gasteiger partial charge in [0.2, 0.25) is 0 Å². The smallest absolute Gasteiger partial charge is 0.199 e. The minimum atomic E-state index is -1.02. The van der Waals surface area contributed by atoms with Gasteiger partial charge in [0.15, 0.2) is 17.1 Å². The second-order valence-corrected chi connectivity index (χ2v) is 6.66. The second-order valence-electron chi connectivity index (χ2n) is 6.66. The molecule has 2 N–H and O–H groups in total. The fourth-order valence-electron chi connectivity index (χ4n) is 3.45. The van der Waals surface area contributed by atoms with Gasteiger partial charge in [0.1, 0.15) is 35.5 Å². The minimum absolute atomic E-state index is 0.0163. The molecule has 2 heterocycles. The number of ketones is 1. The summed E-state index contributed by atoms with van der Waals surface area (Å²) in [5.74, 6) is -1.51. The first-order valence-electron chi connectivity index (χ1n) is 8.69. The normalized spacial score (nSPS) is 18.7. The fourth-order valence-corrected chi connectivity index (χ4v) is 3.45. The number of hydrogen-bond donors (Lipinski definition) is 1. The molecule has 0 spiro atoms. The highest BCUT2D eigenvalue weighted by Crippen LogP contribution is 2.40. The largest absolute Gasteiger partial charge is 0.469 e. The van der Waals surface area contributed by atoms with Gasteiger partial charge in [0, 0.05) is 5.56 Å². The maximum atomic E-state index is 13.1. The molecule has 6 heteroatoms. The summed E-state index contributed by atoms with van der Waals surface area (Å²) >= 11 is 0. The van der Waals surface area contributed by atoms with E-state index >= 15 is 0 Å². The third kappa shape index (κ3) is 2.74. The first kappa shape index (κ1) is 17.6. The Morgan fingerprint density at radius 2 is 1.93 bits per heavy atom. The van der Waals surface area contributed by atoms with Gasteiger partial charge >= 0.3 is 0 Å². The summed E-state index contributed by atoms with van der Waals surface area (Å²) in [6.07, 6.45) is 0.257. The Hall–Kier alpha value is -3.85. The van der Waals surface area contributed by atoms with E-state index in [9.17, 15) is 14.9 Å². The summed E-state index contributed by atoms with van der Waals surface area (Å²) in [4.78, 5) is 26.2. The predicted octanol–water partition coefficient (Wildman–Crippen LogP) is 3.37. The molecule has 0 unspecified atom stereocenters. The lowest BCUT2D eigenvalue weighted by molar-refractivity contribution is 0.0742. The van der Waals surface area contributed by atoms with Crippen LogP contribution >= 0.6 is 0 Å². The molecule has 0 fully saturated rings. The zero-order chi connectivity index (χ0) is 19.8. The zero-order valence-corrected chi connectivity index (χ0v) is 15.0. The van der Waals surface area contributed by atoms with Crippen LogP contribution < -0.4 is 11.2 Å². The predicted molar refractivity (Wildman–Crippen MR) is 102 cm³/mol. The van der Waals surface area contributed by atoms with Gasteiger partial charge in [-0.15, -0.1) is 0 Å². The van der Waals surface area contributed by atoms with E-state index in [4.69, 9.17) is 14.9 Å². The standard InChI is InChI=1S/C22H16N2O4/c1-12-7-8-17-14(9-12)20(26)16(11-27-17)21-18(15(10-23)22(24)28-21)19(25)13-5-3-2-4-6-13/h2-9,11,18,21H,24H2,1H3/t18-,21+/m0/s1. The maximum absolute atomic E-state index is 13.1. The van der Waals surface area contributed by atoms with Crippen LogP contribution in [0.2, 0.25) is 0 Å². The van der Waals surface area contributed by atoms with Crippen LogP contribution in [-0.4, -0.2) is 5.78 Å². The van der Waals surface area contributed by atoms with Crippen LogP contribution in [0.4, 0.5) is 0 Å². The van der Waals surface area contributed by atoms with Crippen molar-refractivity contribution in [2.24, 2.45) is 11.7 Å². The van der Waals surface area contributed by atoms with E-state index < -0.39 is 12.0 Å². The molecular weight excluding hydrogens is 356 g/mol. The number of benzene rings is 2. The lowest BCUT2D eigenvalue weighted by atomic mass is 9.85. The molecule has 138 valence electrons. The molecular formula is C22H16N2O4. The average molecular weight is 372 g/mol. The first-order chi connectivity index (χ1) is 13.5.